The molecule has 1 N–H and O–H groups in total. The van der Waals surface area contributed by atoms with Crippen molar-refractivity contribution in [3.8, 4) is 5.75 Å². The molecule has 0 radical (unpaired) electrons. The van der Waals surface area contributed by atoms with E-state index in [9.17, 15) is 9.90 Å². The standard InChI is InChI=1S/C21H16Cl2N2O2/c22-16-10-8-15(18(23)13-16)9-11-21(27)25(14-17-5-3-4-12-24-17)19-6-1-2-7-20(19)26/h1-13,26H,14H2/b11-9+. The molecule has 0 aliphatic rings. The maximum atomic E-state index is 12.9. The van der Waals surface area contributed by atoms with Gasteiger partial charge in [0.25, 0.3) is 5.91 Å². The van der Waals surface area contributed by atoms with Gasteiger partial charge in [-0.3, -0.25) is 14.7 Å². The van der Waals surface area contributed by atoms with E-state index < -0.39 is 0 Å². The van der Waals surface area contributed by atoms with Crippen LogP contribution in [-0.2, 0) is 11.3 Å². The Hall–Kier alpha value is -2.82. The summed E-state index contributed by atoms with van der Waals surface area (Å²) < 4.78 is 0. The van der Waals surface area contributed by atoms with E-state index >= 15 is 0 Å². The highest BCUT2D eigenvalue weighted by atomic mass is 35.5. The van der Waals surface area contributed by atoms with Crippen LogP contribution in [0.4, 0.5) is 5.69 Å². The average Bonchev–Trinajstić information content (AvgIpc) is 2.67. The lowest BCUT2D eigenvalue weighted by Crippen LogP contribution is -2.29. The van der Waals surface area contributed by atoms with Crippen LogP contribution in [0.1, 0.15) is 11.3 Å². The van der Waals surface area contributed by atoms with Gasteiger partial charge in [-0.15, -0.1) is 0 Å². The lowest BCUT2D eigenvalue weighted by atomic mass is 10.2. The molecule has 6 heteroatoms. The number of nitrogens with zero attached hydrogens (tertiary/aromatic N) is 2. The predicted molar refractivity (Wildman–Crippen MR) is 109 cm³/mol. The molecule has 0 bridgehead atoms. The Labute approximate surface area is 167 Å². The third-order valence-electron chi connectivity index (χ3n) is 3.85. The van der Waals surface area contributed by atoms with Crippen molar-refractivity contribution >= 4 is 40.9 Å². The summed E-state index contributed by atoms with van der Waals surface area (Å²) in [5.74, 6) is -0.298. The van der Waals surface area contributed by atoms with E-state index in [4.69, 9.17) is 23.2 Å². The van der Waals surface area contributed by atoms with Gasteiger partial charge in [0.2, 0.25) is 0 Å². The van der Waals surface area contributed by atoms with E-state index in [0.29, 0.717) is 27.0 Å². The molecule has 0 saturated carbocycles. The number of rotatable bonds is 5. The molecule has 0 spiro atoms. The summed E-state index contributed by atoms with van der Waals surface area (Å²) in [6, 6.07) is 17.2. The highest BCUT2D eigenvalue weighted by molar-refractivity contribution is 6.35. The van der Waals surface area contributed by atoms with Gasteiger partial charge in [0, 0.05) is 22.3 Å². The number of amides is 1. The van der Waals surface area contributed by atoms with Crippen LogP contribution in [0.2, 0.25) is 10.0 Å². The number of carbonyl (C=O) groups is 1. The van der Waals surface area contributed by atoms with Crippen LogP contribution in [-0.4, -0.2) is 16.0 Å². The molecule has 3 aromatic rings. The Balaban J connectivity index is 1.91. The van der Waals surface area contributed by atoms with Crippen molar-refractivity contribution in [2.24, 2.45) is 0 Å². The summed E-state index contributed by atoms with van der Waals surface area (Å²) in [7, 11) is 0. The number of benzene rings is 2. The smallest absolute Gasteiger partial charge is 0.251 e. The average molecular weight is 399 g/mol. The number of para-hydroxylation sites is 2. The fourth-order valence-corrected chi connectivity index (χ4v) is 2.99. The first-order valence-electron chi connectivity index (χ1n) is 8.17. The maximum absolute atomic E-state index is 12.9. The van der Waals surface area contributed by atoms with Crippen molar-refractivity contribution < 1.29 is 9.90 Å². The SMILES string of the molecule is O=C(/C=C/c1ccc(Cl)cc1Cl)N(Cc1ccccn1)c1ccccc1O. The second-order valence-electron chi connectivity index (χ2n) is 5.73. The van der Waals surface area contributed by atoms with Gasteiger partial charge in [-0.2, -0.15) is 0 Å². The Morgan fingerprint density at radius 1 is 1.07 bits per heavy atom. The maximum Gasteiger partial charge on any atom is 0.251 e. The lowest BCUT2D eigenvalue weighted by molar-refractivity contribution is -0.114. The molecule has 0 fully saturated rings. The first kappa shape index (κ1) is 19.0. The van der Waals surface area contributed by atoms with Crippen LogP contribution in [0.5, 0.6) is 5.75 Å². The normalized spacial score (nSPS) is 10.9. The van der Waals surface area contributed by atoms with Gasteiger partial charge in [0.1, 0.15) is 5.75 Å². The summed E-state index contributed by atoms with van der Waals surface area (Å²) in [6.07, 6.45) is 4.68. The minimum absolute atomic E-state index is 0.0136. The Kier molecular flexibility index (Phi) is 6.12. The largest absolute Gasteiger partial charge is 0.506 e. The number of phenolic OH excluding ortho intramolecular Hbond substituents is 1. The molecule has 2 aromatic carbocycles. The molecule has 136 valence electrons. The second-order valence-corrected chi connectivity index (χ2v) is 6.58. The zero-order valence-corrected chi connectivity index (χ0v) is 15.7. The van der Waals surface area contributed by atoms with E-state index in [0.717, 1.165) is 0 Å². The summed E-state index contributed by atoms with van der Waals surface area (Å²) in [6.45, 7) is 0.218. The number of aromatic nitrogens is 1. The number of pyridine rings is 1. The van der Waals surface area contributed by atoms with E-state index in [2.05, 4.69) is 4.98 Å². The van der Waals surface area contributed by atoms with Gasteiger partial charge in [-0.1, -0.05) is 47.5 Å². The first-order chi connectivity index (χ1) is 13.0. The molecule has 0 unspecified atom stereocenters. The molecule has 0 aliphatic carbocycles. The fraction of sp³-hybridized carbons (Fsp3) is 0.0476. The van der Waals surface area contributed by atoms with Gasteiger partial charge in [0.05, 0.1) is 17.9 Å². The van der Waals surface area contributed by atoms with Crippen molar-refractivity contribution in [1.29, 1.82) is 0 Å². The lowest BCUT2D eigenvalue weighted by Gasteiger charge is -2.22. The zero-order chi connectivity index (χ0) is 19.2. The summed E-state index contributed by atoms with van der Waals surface area (Å²) in [5, 5.41) is 11.2. The van der Waals surface area contributed by atoms with E-state index in [1.54, 1.807) is 54.7 Å². The Morgan fingerprint density at radius 2 is 1.85 bits per heavy atom. The van der Waals surface area contributed by atoms with Crippen molar-refractivity contribution in [3.05, 3.63) is 94.2 Å². The molecular formula is C21H16Cl2N2O2. The summed E-state index contributed by atoms with van der Waals surface area (Å²) in [4.78, 5) is 18.6. The third kappa shape index (κ3) is 4.88. The number of carbonyl (C=O) groups excluding carboxylic acids is 1. The Morgan fingerprint density at radius 3 is 2.56 bits per heavy atom. The number of aromatic hydroxyl groups is 1. The Bertz CT molecular complexity index is 975. The first-order valence-corrected chi connectivity index (χ1v) is 8.93. The number of hydrogen-bond acceptors (Lipinski definition) is 3. The topological polar surface area (TPSA) is 53.4 Å². The van der Waals surface area contributed by atoms with Gasteiger partial charge in [0.15, 0.2) is 0 Å². The second kappa shape index (κ2) is 8.71. The number of phenols is 1. The van der Waals surface area contributed by atoms with Crippen molar-refractivity contribution in [1.82, 2.24) is 4.98 Å². The zero-order valence-electron chi connectivity index (χ0n) is 14.2. The van der Waals surface area contributed by atoms with Crippen LogP contribution >= 0.6 is 23.2 Å². The molecule has 0 atom stereocenters. The van der Waals surface area contributed by atoms with E-state index in [-0.39, 0.29) is 18.2 Å². The summed E-state index contributed by atoms with van der Waals surface area (Å²) >= 11 is 12.1. The predicted octanol–water partition coefficient (Wildman–Crippen LogP) is 5.34. The third-order valence-corrected chi connectivity index (χ3v) is 4.42. The van der Waals surface area contributed by atoms with Crippen LogP contribution in [0.25, 0.3) is 6.08 Å². The van der Waals surface area contributed by atoms with E-state index in [1.165, 1.54) is 17.0 Å². The molecule has 4 nitrogen and oxygen atoms in total. The van der Waals surface area contributed by atoms with Crippen LogP contribution in [0.3, 0.4) is 0 Å². The van der Waals surface area contributed by atoms with Crippen LogP contribution in [0, 0.1) is 0 Å². The molecule has 3 rings (SSSR count). The fourth-order valence-electron chi connectivity index (χ4n) is 2.52. The highest BCUT2D eigenvalue weighted by Crippen LogP contribution is 2.28. The van der Waals surface area contributed by atoms with Gasteiger partial charge >= 0.3 is 0 Å². The molecule has 0 saturated heterocycles. The van der Waals surface area contributed by atoms with Crippen LogP contribution < -0.4 is 4.90 Å². The van der Waals surface area contributed by atoms with Gasteiger partial charge < -0.3 is 5.11 Å². The molecular weight excluding hydrogens is 383 g/mol. The number of hydrogen-bond donors (Lipinski definition) is 1. The number of halogens is 2. The molecule has 1 amide bonds. The number of anilines is 1. The molecule has 27 heavy (non-hydrogen) atoms. The van der Waals surface area contributed by atoms with Crippen molar-refractivity contribution in [2.45, 2.75) is 6.54 Å². The van der Waals surface area contributed by atoms with Crippen molar-refractivity contribution in [3.63, 3.8) is 0 Å². The van der Waals surface area contributed by atoms with Crippen LogP contribution in [0.15, 0.2) is 72.9 Å². The minimum atomic E-state index is -0.312. The van der Waals surface area contributed by atoms with Gasteiger partial charge in [-0.05, 0) is 48.0 Å². The molecule has 1 heterocycles. The highest BCUT2D eigenvalue weighted by Gasteiger charge is 2.17. The van der Waals surface area contributed by atoms with Gasteiger partial charge in [-0.25, -0.2) is 0 Å². The monoisotopic (exact) mass is 398 g/mol. The quantitative estimate of drug-likeness (QED) is 0.590. The summed E-state index contributed by atoms with van der Waals surface area (Å²) in [5.41, 5.74) is 1.77. The van der Waals surface area contributed by atoms with Crippen molar-refractivity contribution in [2.75, 3.05) is 4.90 Å². The van der Waals surface area contributed by atoms with E-state index in [1.807, 2.05) is 12.1 Å². The molecule has 1 aromatic heterocycles. The minimum Gasteiger partial charge on any atom is -0.506 e. The molecule has 0 aliphatic heterocycles.